The smallest absolute Gasteiger partial charge is 0.291 e. The van der Waals surface area contributed by atoms with Crippen LogP contribution in [0.25, 0.3) is 0 Å². The summed E-state index contributed by atoms with van der Waals surface area (Å²) in [5, 5.41) is 2.73. The largest absolute Gasteiger partial charge is 0.444 e. The lowest BCUT2D eigenvalue weighted by atomic mass is 10.2. The Kier molecular flexibility index (Phi) is 6.48. The van der Waals surface area contributed by atoms with Crippen molar-refractivity contribution in [2.24, 2.45) is 0 Å². The van der Waals surface area contributed by atoms with E-state index in [-0.39, 0.29) is 10.7 Å². The quantitative estimate of drug-likeness (QED) is 0.708. The summed E-state index contributed by atoms with van der Waals surface area (Å²) in [6.07, 6.45) is 0. The van der Waals surface area contributed by atoms with Gasteiger partial charge in [0.05, 0.1) is 16.3 Å². The van der Waals surface area contributed by atoms with Crippen molar-refractivity contribution in [3.63, 3.8) is 0 Å². The Labute approximate surface area is 162 Å². The summed E-state index contributed by atoms with van der Waals surface area (Å²) >= 11 is 3.15. The summed E-state index contributed by atoms with van der Waals surface area (Å²) in [6.45, 7) is 4.31. The number of nitrogens with one attached hydrogen (secondary N) is 1. The molecule has 142 valence electrons. The Morgan fingerprint density at radius 2 is 1.81 bits per heavy atom. The lowest BCUT2D eigenvalue weighted by molar-refractivity contribution is 0.0995. The first-order valence-corrected chi connectivity index (χ1v) is 10.3. The van der Waals surface area contributed by atoms with Crippen LogP contribution in [0.1, 0.15) is 24.4 Å². The van der Waals surface area contributed by atoms with E-state index in [2.05, 4.69) is 21.2 Å². The number of carbonyl (C=O) groups excluding carboxylic acids is 1. The summed E-state index contributed by atoms with van der Waals surface area (Å²) in [4.78, 5) is 14.3. The molecule has 0 saturated carbocycles. The fraction of sp³-hybridized carbons (Fsp3) is 0.353. The highest BCUT2D eigenvalue weighted by molar-refractivity contribution is 9.10. The molecule has 7 nitrogen and oxygen atoms in total. The van der Waals surface area contributed by atoms with Crippen molar-refractivity contribution < 1.29 is 17.6 Å². The maximum atomic E-state index is 12.8. The van der Waals surface area contributed by atoms with Gasteiger partial charge in [0.25, 0.3) is 5.91 Å². The van der Waals surface area contributed by atoms with Gasteiger partial charge >= 0.3 is 0 Å². The molecule has 1 aromatic carbocycles. The maximum Gasteiger partial charge on any atom is 0.291 e. The number of anilines is 2. The highest BCUT2D eigenvalue weighted by Gasteiger charge is 2.23. The first-order valence-electron chi connectivity index (χ1n) is 8.08. The normalized spacial score (nSPS) is 11.6. The molecule has 0 aliphatic heterocycles. The van der Waals surface area contributed by atoms with Gasteiger partial charge < -0.3 is 14.6 Å². The minimum atomic E-state index is -3.63. The van der Waals surface area contributed by atoms with Crippen molar-refractivity contribution in [1.29, 1.82) is 0 Å². The number of furan rings is 1. The molecule has 0 aliphatic carbocycles. The average molecular weight is 444 g/mol. The topological polar surface area (TPSA) is 82.9 Å². The van der Waals surface area contributed by atoms with Crippen molar-refractivity contribution in [3.05, 3.63) is 40.8 Å². The molecule has 0 radical (unpaired) electrons. The second-order valence-corrected chi connectivity index (χ2v) is 8.44. The molecule has 1 heterocycles. The van der Waals surface area contributed by atoms with Crippen molar-refractivity contribution >= 4 is 43.2 Å². The summed E-state index contributed by atoms with van der Waals surface area (Å²) in [5.41, 5.74) is 1.07. The Morgan fingerprint density at radius 3 is 2.31 bits per heavy atom. The van der Waals surface area contributed by atoms with Crippen LogP contribution in [0.3, 0.4) is 0 Å². The fourth-order valence-electron chi connectivity index (χ4n) is 2.50. The number of benzene rings is 1. The van der Waals surface area contributed by atoms with Crippen LogP contribution in [0, 0.1) is 0 Å². The SMILES string of the molecule is CCN(CC)S(=O)(=O)c1ccc(N(C)C)c(NC(=O)c2ccc(Br)o2)c1. The Hall–Kier alpha value is -1.84. The van der Waals surface area contributed by atoms with Gasteiger partial charge in [0.15, 0.2) is 10.4 Å². The molecule has 0 bridgehead atoms. The number of sulfonamides is 1. The Bertz CT molecular complexity index is 889. The van der Waals surface area contributed by atoms with Gasteiger partial charge in [0.1, 0.15) is 0 Å². The van der Waals surface area contributed by atoms with Gasteiger partial charge in [-0.3, -0.25) is 4.79 Å². The molecule has 0 atom stereocenters. The standard InChI is InChI=1S/C17H22BrN3O4S/c1-5-21(6-2)26(23,24)12-7-8-14(20(3)4)13(11-12)19-17(22)15-9-10-16(18)25-15/h7-11H,5-6H2,1-4H3,(H,19,22). The predicted octanol–water partition coefficient (Wildman–Crippen LogP) is 3.39. The molecule has 0 unspecified atom stereocenters. The Balaban J connectivity index is 2.44. The van der Waals surface area contributed by atoms with Gasteiger partial charge in [-0.15, -0.1) is 0 Å². The van der Waals surface area contributed by atoms with E-state index in [0.717, 1.165) is 0 Å². The van der Waals surface area contributed by atoms with Crippen LogP contribution in [-0.2, 0) is 10.0 Å². The molecule has 0 saturated heterocycles. The van der Waals surface area contributed by atoms with Crippen molar-refractivity contribution in [3.8, 4) is 0 Å². The van der Waals surface area contributed by atoms with Crippen LogP contribution in [0.2, 0.25) is 0 Å². The fourth-order valence-corrected chi connectivity index (χ4v) is 4.29. The summed E-state index contributed by atoms with van der Waals surface area (Å²) in [7, 11) is -0.00483. The van der Waals surface area contributed by atoms with Gasteiger partial charge in [-0.2, -0.15) is 4.31 Å². The minimum absolute atomic E-state index is 0.124. The van der Waals surface area contributed by atoms with Crippen molar-refractivity contribution in [2.75, 3.05) is 37.4 Å². The van der Waals surface area contributed by atoms with Crippen molar-refractivity contribution in [1.82, 2.24) is 4.31 Å². The minimum Gasteiger partial charge on any atom is -0.444 e. The molecular weight excluding hydrogens is 422 g/mol. The zero-order chi connectivity index (χ0) is 19.5. The second kappa shape index (κ2) is 8.24. The molecule has 0 aliphatic rings. The Morgan fingerprint density at radius 1 is 1.15 bits per heavy atom. The molecule has 0 fully saturated rings. The highest BCUT2D eigenvalue weighted by Crippen LogP contribution is 2.29. The first-order chi connectivity index (χ1) is 12.2. The van der Waals surface area contributed by atoms with Gasteiger partial charge in [-0.25, -0.2) is 8.42 Å². The van der Waals surface area contributed by atoms with E-state index in [9.17, 15) is 13.2 Å². The van der Waals surface area contributed by atoms with Crippen LogP contribution < -0.4 is 10.2 Å². The number of rotatable bonds is 7. The second-order valence-electron chi connectivity index (χ2n) is 5.72. The summed E-state index contributed by atoms with van der Waals surface area (Å²) in [6, 6.07) is 7.83. The van der Waals surface area contributed by atoms with Crippen LogP contribution in [-0.4, -0.2) is 45.8 Å². The molecule has 9 heteroatoms. The van der Waals surface area contributed by atoms with Crippen LogP contribution >= 0.6 is 15.9 Å². The third-order valence-corrected chi connectivity index (χ3v) is 6.31. The monoisotopic (exact) mass is 443 g/mol. The van der Waals surface area contributed by atoms with E-state index in [0.29, 0.717) is 29.1 Å². The maximum absolute atomic E-state index is 12.8. The van der Waals surface area contributed by atoms with E-state index in [4.69, 9.17) is 4.42 Å². The zero-order valence-electron chi connectivity index (χ0n) is 15.1. The van der Waals surface area contributed by atoms with E-state index in [1.165, 1.54) is 16.4 Å². The number of hydrogen-bond donors (Lipinski definition) is 1. The van der Waals surface area contributed by atoms with E-state index in [1.807, 2.05) is 14.1 Å². The first kappa shape index (κ1) is 20.5. The number of halogens is 1. The van der Waals surface area contributed by atoms with Gasteiger partial charge in [-0.1, -0.05) is 13.8 Å². The van der Waals surface area contributed by atoms with Crippen molar-refractivity contribution in [2.45, 2.75) is 18.7 Å². The van der Waals surface area contributed by atoms with Gasteiger partial charge in [-0.05, 0) is 46.3 Å². The molecule has 2 aromatic rings. The predicted molar refractivity (Wildman–Crippen MR) is 105 cm³/mol. The molecular formula is C17H22BrN3O4S. The van der Waals surface area contributed by atoms with Gasteiger partial charge in [0, 0.05) is 27.2 Å². The molecule has 1 aromatic heterocycles. The van der Waals surface area contributed by atoms with E-state index >= 15 is 0 Å². The number of nitrogens with zero attached hydrogens (tertiary/aromatic N) is 2. The molecule has 2 rings (SSSR count). The molecule has 0 spiro atoms. The molecule has 1 amide bonds. The number of carbonyl (C=O) groups is 1. The molecule has 26 heavy (non-hydrogen) atoms. The highest BCUT2D eigenvalue weighted by atomic mass is 79.9. The number of hydrogen-bond acceptors (Lipinski definition) is 5. The van der Waals surface area contributed by atoms with Crippen LogP contribution in [0.5, 0.6) is 0 Å². The lowest BCUT2D eigenvalue weighted by Gasteiger charge is -2.22. The van der Waals surface area contributed by atoms with Crippen LogP contribution in [0.4, 0.5) is 11.4 Å². The average Bonchev–Trinajstić information content (AvgIpc) is 3.02. The third-order valence-electron chi connectivity index (χ3n) is 3.84. The van der Waals surface area contributed by atoms with E-state index in [1.54, 1.807) is 36.9 Å². The zero-order valence-corrected chi connectivity index (χ0v) is 17.5. The third kappa shape index (κ3) is 4.28. The lowest BCUT2D eigenvalue weighted by Crippen LogP contribution is -2.30. The van der Waals surface area contributed by atoms with Crippen LogP contribution in [0.15, 0.2) is 44.3 Å². The van der Waals surface area contributed by atoms with Gasteiger partial charge in [0.2, 0.25) is 10.0 Å². The summed E-state index contributed by atoms with van der Waals surface area (Å²) in [5.74, 6) is -0.338. The van der Waals surface area contributed by atoms with E-state index < -0.39 is 15.9 Å². The summed E-state index contributed by atoms with van der Waals surface area (Å²) < 4.78 is 32.6. The number of amides is 1. The molecule has 1 N–H and O–H groups in total.